The van der Waals surface area contributed by atoms with Crippen LogP contribution in [0, 0.1) is 0 Å². The van der Waals surface area contributed by atoms with Crippen molar-refractivity contribution in [2.24, 2.45) is 0 Å². The minimum absolute atomic E-state index is 0.0549. The van der Waals surface area contributed by atoms with E-state index >= 15 is 0 Å². The zero-order valence-corrected chi connectivity index (χ0v) is 16.7. The van der Waals surface area contributed by atoms with Crippen LogP contribution in [0.5, 0.6) is 11.5 Å². The van der Waals surface area contributed by atoms with Crippen molar-refractivity contribution in [3.8, 4) is 11.5 Å². The number of fused-ring (bicyclic) bond motifs is 1. The molecule has 2 aliphatic rings. The lowest BCUT2D eigenvalue weighted by Crippen LogP contribution is -2.51. The van der Waals surface area contributed by atoms with E-state index in [0.717, 1.165) is 45.4 Å². The van der Waals surface area contributed by atoms with E-state index in [1.165, 1.54) is 11.1 Å². The van der Waals surface area contributed by atoms with Crippen molar-refractivity contribution in [3.63, 3.8) is 0 Å². The number of carbonyl (C=O) groups is 1. The van der Waals surface area contributed by atoms with Gasteiger partial charge in [0.15, 0.2) is 0 Å². The Kier molecular flexibility index (Phi) is 5.53. The lowest BCUT2D eigenvalue weighted by Gasteiger charge is -2.41. The highest BCUT2D eigenvalue weighted by Crippen LogP contribution is 2.27. The molecule has 0 bridgehead atoms. The third-order valence-electron chi connectivity index (χ3n) is 5.96. The fourth-order valence-electron chi connectivity index (χ4n) is 4.38. The highest BCUT2D eigenvalue weighted by molar-refractivity contribution is 5.95. The van der Waals surface area contributed by atoms with Gasteiger partial charge in [-0.1, -0.05) is 24.3 Å². The first-order chi connectivity index (χ1) is 13.7. The minimum Gasteiger partial charge on any atom is -0.497 e. The Morgan fingerprint density at radius 3 is 2.43 bits per heavy atom. The fraction of sp³-hybridized carbons (Fsp3) is 0.435. The zero-order chi connectivity index (χ0) is 19.5. The van der Waals surface area contributed by atoms with E-state index in [-0.39, 0.29) is 5.91 Å². The molecule has 0 aliphatic carbocycles. The summed E-state index contributed by atoms with van der Waals surface area (Å²) in [6.45, 7) is 3.63. The van der Waals surface area contributed by atoms with Gasteiger partial charge in [0.25, 0.3) is 5.91 Å². The number of nitrogens with zero attached hydrogens (tertiary/aromatic N) is 2. The molecule has 5 heteroatoms. The van der Waals surface area contributed by atoms with Crippen LogP contribution in [0.4, 0.5) is 0 Å². The van der Waals surface area contributed by atoms with Crippen molar-refractivity contribution in [1.82, 2.24) is 9.80 Å². The van der Waals surface area contributed by atoms with Crippen molar-refractivity contribution in [1.29, 1.82) is 0 Å². The van der Waals surface area contributed by atoms with Crippen LogP contribution in [0.2, 0.25) is 0 Å². The Hall–Kier alpha value is -2.53. The zero-order valence-electron chi connectivity index (χ0n) is 16.7. The van der Waals surface area contributed by atoms with Gasteiger partial charge >= 0.3 is 0 Å². The van der Waals surface area contributed by atoms with E-state index in [9.17, 15) is 4.79 Å². The number of piperidine rings is 1. The Morgan fingerprint density at radius 2 is 1.71 bits per heavy atom. The molecule has 2 aromatic carbocycles. The number of likely N-dealkylation sites (tertiary alicyclic amines) is 1. The molecule has 28 heavy (non-hydrogen) atoms. The number of ether oxygens (including phenoxy) is 2. The van der Waals surface area contributed by atoms with E-state index in [4.69, 9.17) is 9.47 Å². The van der Waals surface area contributed by atoms with Gasteiger partial charge < -0.3 is 14.4 Å². The van der Waals surface area contributed by atoms with Gasteiger partial charge in [0.05, 0.1) is 14.2 Å². The number of rotatable bonds is 4. The predicted molar refractivity (Wildman–Crippen MR) is 109 cm³/mol. The normalized spacial score (nSPS) is 19.8. The molecule has 0 unspecified atom stereocenters. The molecule has 1 saturated heterocycles. The summed E-state index contributed by atoms with van der Waals surface area (Å²) in [7, 11) is 3.21. The Labute approximate surface area is 166 Å². The fourth-order valence-corrected chi connectivity index (χ4v) is 4.38. The summed E-state index contributed by atoms with van der Waals surface area (Å²) in [5, 5.41) is 0. The summed E-state index contributed by atoms with van der Waals surface area (Å²) in [4.78, 5) is 17.7. The number of benzene rings is 2. The molecule has 0 radical (unpaired) electrons. The van der Waals surface area contributed by atoms with Crippen LogP contribution in [0.25, 0.3) is 0 Å². The molecular formula is C23H28N2O3. The smallest absolute Gasteiger partial charge is 0.254 e. The second-order valence-corrected chi connectivity index (χ2v) is 7.64. The summed E-state index contributed by atoms with van der Waals surface area (Å²) in [5.74, 6) is 1.34. The van der Waals surface area contributed by atoms with E-state index < -0.39 is 0 Å². The number of amides is 1. The first kappa shape index (κ1) is 18.8. The van der Waals surface area contributed by atoms with Gasteiger partial charge in [-0.05, 0) is 42.5 Å². The maximum absolute atomic E-state index is 13.2. The lowest BCUT2D eigenvalue weighted by molar-refractivity contribution is 0.0548. The number of hydrogen-bond donors (Lipinski definition) is 0. The number of hydrogen-bond acceptors (Lipinski definition) is 4. The number of carbonyl (C=O) groups excluding carboxylic acids is 1. The third-order valence-corrected chi connectivity index (χ3v) is 5.96. The summed E-state index contributed by atoms with van der Waals surface area (Å²) >= 11 is 0. The molecule has 2 heterocycles. The lowest BCUT2D eigenvalue weighted by atomic mass is 9.95. The summed E-state index contributed by atoms with van der Waals surface area (Å²) in [5.41, 5.74) is 3.52. The average molecular weight is 380 g/mol. The Morgan fingerprint density at radius 1 is 1.00 bits per heavy atom. The van der Waals surface area contributed by atoms with Crippen LogP contribution in [0.3, 0.4) is 0 Å². The highest BCUT2D eigenvalue weighted by Gasteiger charge is 2.30. The first-order valence-corrected chi connectivity index (χ1v) is 10.0. The second kappa shape index (κ2) is 8.23. The van der Waals surface area contributed by atoms with Crippen molar-refractivity contribution < 1.29 is 14.3 Å². The molecule has 5 nitrogen and oxygen atoms in total. The van der Waals surface area contributed by atoms with Crippen molar-refractivity contribution >= 4 is 5.91 Å². The maximum Gasteiger partial charge on any atom is 0.254 e. The van der Waals surface area contributed by atoms with Gasteiger partial charge in [0.1, 0.15) is 11.5 Å². The van der Waals surface area contributed by atoms with E-state index in [1.54, 1.807) is 32.4 Å². The standard InChI is InChI=1S/C23H28N2O3/c1-27-21-12-19(13-22(14-21)28-2)23(26)25-10-5-8-20(16-25)24-11-9-17-6-3-4-7-18(17)15-24/h3-4,6-7,12-14,20H,5,8-11,15-16H2,1-2H3/t20-/m1/s1. The van der Waals surface area contributed by atoms with Gasteiger partial charge in [-0.25, -0.2) is 0 Å². The van der Waals surface area contributed by atoms with Gasteiger partial charge in [0, 0.05) is 43.9 Å². The topological polar surface area (TPSA) is 42.0 Å². The molecule has 148 valence electrons. The molecule has 2 aromatic rings. The molecule has 1 atom stereocenters. The highest BCUT2D eigenvalue weighted by atomic mass is 16.5. The SMILES string of the molecule is COc1cc(OC)cc(C(=O)N2CCC[C@@H](N3CCc4ccccc4C3)C2)c1. The molecule has 0 spiro atoms. The van der Waals surface area contributed by atoms with Crippen molar-refractivity contribution in [2.75, 3.05) is 33.9 Å². The Bertz CT molecular complexity index is 829. The van der Waals surface area contributed by atoms with Crippen molar-refractivity contribution in [2.45, 2.75) is 31.8 Å². The van der Waals surface area contributed by atoms with Gasteiger partial charge in [0.2, 0.25) is 0 Å². The Balaban J connectivity index is 1.48. The second-order valence-electron chi connectivity index (χ2n) is 7.64. The van der Waals surface area contributed by atoms with Crippen LogP contribution in [0.15, 0.2) is 42.5 Å². The maximum atomic E-state index is 13.2. The minimum atomic E-state index is 0.0549. The van der Waals surface area contributed by atoms with Crippen LogP contribution in [-0.2, 0) is 13.0 Å². The predicted octanol–water partition coefficient (Wildman–Crippen LogP) is 3.37. The molecule has 0 saturated carbocycles. The third kappa shape index (κ3) is 3.85. The monoisotopic (exact) mass is 380 g/mol. The van der Waals surface area contributed by atoms with Gasteiger partial charge in [-0.2, -0.15) is 0 Å². The molecular weight excluding hydrogens is 352 g/mol. The van der Waals surface area contributed by atoms with E-state index in [0.29, 0.717) is 23.1 Å². The average Bonchev–Trinajstić information content (AvgIpc) is 2.77. The summed E-state index contributed by atoms with van der Waals surface area (Å²) in [6.07, 6.45) is 3.27. The molecule has 0 aromatic heterocycles. The molecule has 1 fully saturated rings. The first-order valence-electron chi connectivity index (χ1n) is 10.0. The summed E-state index contributed by atoms with van der Waals surface area (Å²) in [6, 6.07) is 14.5. The van der Waals surface area contributed by atoms with Crippen molar-refractivity contribution in [3.05, 3.63) is 59.2 Å². The van der Waals surface area contributed by atoms with Crippen LogP contribution >= 0.6 is 0 Å². The summed E-state index contributed by atoms with van der Waals surface area (Å²) < 4.78 is 10.7. The van der Waals surface area contributed by atoms with Crippen LogP contribution in [0.1, 0.15) is 34.3 Å². The van der Waals surface area contributed by atoms with E-state index in [2.05, 4.69) is 29.2 Å². The van der Waals surface area contributed by atoms with E-state index in [1.807, 2.05) is 4.90 Å². The molecule has 4 rings (SSSR count). The molecule has 2 aliphatic heterocycles. The largest absolute Gasteiger partial charge is 0.497 e. The van der Waals surface area contributed by atoms with Crippen LogP contribution in [-0.4, -0.2) is 55.6 Å². The molecule has 1 amide bonds. The quantitative estimate of drug-likeness (QED) is 0.816. The van der Waals surface area contributed by atoms with Crippen LogP contribution < -0.4 is 9.47 Å². The molecule has 0 N–H and O–H groups in total. The number of methoxy groups -OCH3 is 2. The van der Waals surface area contributed by atoms with Gasteiger partial charge in [-0.3, -0.25) is 9.69 Å². The van der Waals surface area contributed by atoms with Gasteiger partial charge in [-0.15, -0.1) is 0 Å².